The number of fused-ring (bicyclic) bond motifs is 6. The maximum absolute atomic E-state index is 5.37. The summed E-state index contributed by atoms with van der Waals surface area (Å²) < 4.78 is 2.58. The van der Waals surface area contributed by atoms with Gasteiger partial charge in [0.15, 0.2) is 5.82 Å². The van der Waals surface area contributed by atoms with E-state index in [2.05, 4.69) is 224 Å². The van der Waals surface area contributed by atoms with Gasteiger partial charge in [-0.05, 0) is 98.1 Å². The second kappa shape index (κ2) is 14.8. The lowest BCUT2D eigenvalue weighted by molar-refractivity contribution is 0.768. The van der Waals surface area contributed by atoms with Gasteiger partial charge in [0.25, 0.3) is 0 Å². The van der Waals surface area contributed by atoms with Gasteiger partial charge in [0, 0.05) is 36.9 Å². The van der Waals surface area contributed by atoms with Gasteiger partial charge < -0.3 is 0 Å². The average Bonchev–Trinajstić information content (AvgIpc) is 3.89. The number of nitrogens with zero attached hydrogens (tertiary/aromatic N) is 2. The van der Waals surface area contributed by atoms with Gasteiger partial charge in [0.05, 0.1) is 16.8 Å². The molecular weight excluding hydrogens is 769 g/mol. The highest BCUT2D eigenvalue weighted by Gasteiger charge is 2.46. The number of aromatic nitrogens is 2. The molecule has 9 aromatic carbocycles. The van der Waals surface area contributed by atoms with E-state index in [-0.39, 0.29) is 0 Å². The zero-order valence-corrected chi connectivity index (χ0v) is 34.6. The van der Waals surface area contributed by atoms with Gasteiger partial charge in [-0.1, -0.05) is 188 Å². The summed E-state index contributed by atoms with van der Waals surface area (Å²) >= 11 is 1.85. The van der Waals surface area contributed by atoms with E-state index in [1.165, 1.54) is 59.1 Å². The van der Waals surface area contributed by atoms with Crippen molar-refractivity contribution in [3.63, 3.8) is 0 Å². The summed E-state index contributed by atoms with van der Waals surface area (Å²) in [7, 11) is 0. The van der Waals surface area contributed by atoms with Crippen molar-refractivity contribution in [3.8, 4) is 67.3 Å². The summed E-state index contributed by atoms with van der Waals surface area (Å²) in [4.78, 5) is 10.7. The molecule has 0 atom stereocenters. The summed E-state index contributed by atoms with van der Waals surface area (Å²) in [5, 5.41) is 2.57. The minimum absolute atomic E-state index is 0.468. The molecule has 0 spiro atoms. The maximum Gasteiger partial charge on any atom is 0.160 e. The van der Waals surface area contributed by atoms with Crippen molar-refractivity contribution < 1.29 is 0 Å². The van der Waals surface area contributed by atoms with E-state index < -0.39 is 5.41 Å². The van der Waals surface area contributed by atoms with Crippen molar-refractivity contribution in [2.75, 3.05) is 0 Å². The molecule has 0 fully saturated rings. The van der Waals surface area contributed by atoms with E-state index in [1.807, 2.05) is 17.4 Å². The Labute approximate surface area is 365 Å². The summed E-state index contributed by atoms with van der Waals surface area (Å²) in [5.74, 6) is 0.694. The van der Waals surface area contributed by atoms with Crippen LogP contribution in [-0.4, -0.2) is 9.97 Å². The van der Waals surface area contributed by atoms with Crippen LogP contribution in [0, 0.1) is 0 Å². The topological polar surface area (TPSA) is 25.8 Å². The highest BCUT2D eigenvalue weighted by molar-refractivity contribution is 7.25. The molecule has 0 bridgehead atoms. The second-order valence-electron chi connectivity index (χ2n) is 16.1. The Morgan fingerprint density at radius 3 is 1.61 bits per heavy atom. The Morgan fingerprint density at radius 2 is 0.871 bits per heavy atom. The molecule has 3 heteroatoms. The van der Waals surface area contributed by atoms with E-state index >= 15 is 0 Å². The van der Waals surface area contributed by atoms with Crippen LogP contribution in [-0.2, 0) is 5.41 Å². The number of benzene rings is 9. The first kappa shape index (κ1) is 36.2. The van der Waals surface area contributed by atoms with Crippen molar-refractivity contribution in [1.29, 1.82) is 0 Å². The lowest BCUT2D eigenvalue weighted by atomic mass is 9.67. The van der Waals surface area contributed by atoms with Crippen molar-refractivity contribution >= 4 is 31.5 Å². The Kier molecular flexibility index (Phi) is 8.62. The van der Waals surface area contributed by atoms with E-state index in [0.29, 0.717) is 5.82 Å². The Bertz CT molecular complexity index is 3410. The molecule has 62 heavy (non-hydrogen) atoms. The van der Waals surface area contributed by atoms with E-state index in [4.69, 9.17) is 9.97 Å². The van der Waals surface area contributed by atoms with Crippen molar-refractivity contribution in [2.45, 2.75) is 5.41 Å². The van der Waals surface area contributed by atoms with Crippen LogP contribution in [0.3, 0.4) is 0 Å². The number of hydrogen-bond donors (Lipinski definition) is 0. The van der Waals surface area contributed by atoms with Gasteiger partial charge in [-0.2, -0.15) is 0 Å². The normalized spacial score (nSPS) is 12.6. The van der Waals surface area contributed by atoms with Gasteiger partial charge in [-0.25, -0.2) is 9.97 Å². The van der Waals surface area contributed by atoms with Crippen LogP contribution >= 0.6 is 11.3 Å². The highest BCUT2D eigenvalue weighted by atomic mass is 32.1. The van der Waals surface area contributed by atoms with Crippen molar-refractivity contribution in [1.82, 2.24) is 9.97 Å². The van der Waals surface area contributed by atoms with Gasteiger partial charge in [-0.15, -0.1) is 11.3 Å². The highest BCUT2D eigenvalue weighted by Crippen LogP contribution is 2.56. The Morgan fingerprint density at radius 1 is 0.323 bits per heavy atom. The molecule has 0 amide bonds. The van der Waals surface area contributed by atoms with E-state index in [9.17, 15) is 0 Å². The fraction of sp³-hybridized carbons (Fsp3) is 0.0169. The quantitative estimate of drug-likeness (QED) is 0.160. The van der Waals surface area contributed by atoms with Gasteiger partial charge in [0.2, 0.25) is 0 Å². The minimum Gasteiger partial charge on any atom is -0.228 e. The van der Waals surface area contributed by atoms with Gasteiger partial charge >= 0.3 is 0 Å². The molecule has 2 heterocycles. The van der Waals surface area contributed by atoms with Crippen LogP contribution < -0.4 is 0 Å². The molecule has 1 aliphatic carbocycles. The summed E-state index contributed by atoms with van der Waals surface area (Å²) in [6.45, 7) is 0. The van der Waals surface area contributed by atoms with Crippen LogP contribution in [0.1, 0.15) is 22.3 Å². The van der Waals surface area contributed by atoms with Gasteiger partial charge in [0.1, 0.15) is 0 Å². The molecule has 2 nitrogen and oxygen atoms in total. The second-order valence-corrected chi connectivity index (χ2v) is 17.1. The lowest BCUT2D eigenvalue weighted by Crippen LogP contribution is -2.28. The summed E-state index contributed by atoms with van der Waals surface area (Å²) in [5.41, 5.74) is 16.5. The third kappa shape index (κ3) is 5.85. The fourth-order valence-corrected chi connectivity index (χ4v) is 10.9. The molecule has 2 aromatic heterocycles. The molecule has 0 N–H and O–H groups in total. The fourth-order valence-electron chi connectivity index (χ4n) is 9.81. The predicted octanol–water partition coefficient (Wildman–Crippen LogP) is 15.5. The monoisotopic (exact) mass is 806 g/mol. The molecule has 290 valence electrons. The molecule has 0 aliphatic heterocycles. The van der Waals surface area contributed by atoms with E-state index in [0.717, 1.165) is 44.8 Å². The molecule has 0 saturated heterocycles. The minimum atomic E-state index is -0.468. The molecular formula is C59H38N2S. The van der Waals surface area contributed by atoms with Crippen LogP contribution in [0.5, 0.6) is 0 Å². The summed E-state index contributed by atoms with van der Waals surface area (Å²) in [6.07, 6.45) is 0. The smallest absolute Gasteiger partial charge is 0.160 e. The molecule has 12 rings (SSSR count). The van der Waals surface area contributed by atoms with Crippen LogP contribution in [0.15, 0.2) is 231 Å². The molecule has 0 saturated carbocycles. The third-order valence-electron chi connectivity index (χ3n) is 12.6. The van der Waals surface area contributed by atoms with Crippen LogP contribution in [0.2, 0.25) is 0 Å². The maximum atomic E-state index is 5.37. The number of hydrogen-bond acceptors (Lipinski definition) is 3. The largest absolute Gasteiger partial charge is 0.228 e. The SMILES string of the molecule is c1ccc(-c2cc(-c3cc(-c4ccc5c(c4)-c4ccccc4C5(c4ccccc4)c4ccccc4)nc(-c4ccccc4)n3)cc(-c3cccc4sc5ccccc5c34)c2)cc1. The average molecular weight is 807 g/mol. The summed E-state index contributed by atoms with van der Waals surface area (Å²) in [6, 6.07) is 83.4. The van der Waals surface area contributed by atoms with Crippen LogP contribution in [0.25, 0.3) is 87.5 Å². The standard InChI is InChI=1S/C59H38N2S/c1-5-18-39(19-6-1)42-34-43(47-28-17-31-56-57(47)49-27-14-16-30-55(49)62-56)36-44(35-42)54-38-53(60-58(61-54)40-20-7-2-8-21-40)41-32-33-52-50(37-41)48-26-13-15-29-51(48)59(52,45-22-9-3-10-23-45)46-24-11-4-12-25-46/h1-38H. The third-order valence-corrected chi connectivity index (χ3v) is 13.7. The Balaban J connectivity index is 1.08. The molecule has 11 aromatic rings. The first-order valence-electron chi connectivity index (χ1n) is 21.1. The van der Waals surface area contributed by atoms with E-state index in [1.54, 1.807) is 0 Å². The molecule has 1 aliphatic rings. The number of thiophene rings is 1. The predicted molar refractivity (Wildman–Crippen MR) is 259 cm³/mol. The van der Waals surface area contributed by atoms with Crippen molar-refractivity contribution in [2.24, 2.45) is 0 Å². The molecule has 0 unspecified atom stereocenters. The Hall–Kier alpha value is -7.72. The zero-order valence-electron chi connectivity index (χ0n) is 33.7. The zero-order chi connectivity index (χ0) is 41.0. The van der Waals surface area contributed by atoms with Gasteiger partial charge in [-0.3, -0.25) is 0 Å². The number of rotatable bonds is 7. The first-order chi connectivity index (χ1) is 30.7. The first-order valence-corrected chi connectivity index (χ1v) is 22.0. The van der Waals surface area contributed by atoms with Crippen LogP contribution in [0.4, 0.5) is 0 Å². The molecule has 0 radical (unpaired) electrons. The van der Waals surface area contributed by atoms with Crippen molar-refractivity contribution in [3.05, 3.63) is 253 Å². The lowest BCUT2D eigenvalue weighted by Gasteiger charge is -2.33.